The van der Waals surface area contributed by atoms with E-state index in [9.17, 15) is 19.3 Å². The van der Waals surface area contributed by atoms with Gasteiger partial charge in [0.2, 0.25) is 5.78 Å². The van der Waals surface area contributed by atoms with Crippen molar-refractivity contribution >= 4 is 19.8 Å². The van der Waals surface area contributed by atoms with Crippen LogP contribution >= 0.6 is 0 Å². The highest BCUT2D eigenvalue weighted by Gasteiger charge is 2.55. The van der Waals surface area contributed by atoms with Crippen molar-refractivity contribution in [2.45, 2.75) is 57.5 Å². The zero-order chi connectivity index (χ0) is 18.3. The van der Waals surface area contributed by atoms with Crippen LogP contribution in [0, 0.1) is 10.1 Å². The number of nitro groups is 1. The number of halogens is 1. The number of hydrogen-bond acceptors (Lipinski definition) is 6. The van der Waals surface area contributed by atoms with Gasteiger partial charge in [-0.1, -0.05) is 0 Å². The van der Waals surface area contributed by atoms with Gasteiger partial charge in [0.05, 0.1) is 16.6 Å². The van der Waals surface area contributed by atoms with Crippen LogP contribution in [0.25, 0.3) is 0 Å². The molecule has 1 aliphatic heterocycles. The van der Waals surface area contributed by atoms with Crippen molar-refractivity contribution in [1.29, 1.82) is 0 Å². The summed E-state index contributed by atoms with van der Waals surface area (Å²) in [5, 5.41) is 11.1. The predicted molar refractivity (Wildman–Crippen MR) is 86.9 cm³/mol. The van der Waals surface area contributed by atoms with Gasteiger partial charge in [0.1, 0.15) is 17.9 Å². The lowest BCUT2D eigenvalue weighted by molar-refractivity contribution is -0.386. The summed E-state index contributed by atoms with van der Waals surface area (Å²) >= 11 is 0. The van der Waals surface area contributed by atoms with E-state index in [4.69, 9.17) is 9.16 Å². The fraction of sp³-hybridized carbons (Fsp3) is 0.600. The van der Waals surface area contributed by atoms with Crippen LogP contribution in [0.4, 0.5) is 10.1 Å². The van der Waals surface area contributed by atoms with Gasteiger partial charge >= 0.3 is 0 Å². The van der Waals surface area contributed by atoms with Crippen molar-refractivity contribution in [3.63, 3.8) is 0 Å². The first kappa shape index (κ1) is 18.6. The Morgan fingerprint density at radius 1 is 1.46 bits per heavy atom. The highest BCUT2D eigenvalue weighted by Crippen LogP contribution is 2.41. The Morgan fingerprint density at radius 3 is 2.62 bits per heavy atom. The molecule has 24 heavy (non-hydrogen) atoms. The van der Waals surface area contributed by atoms with E-state index in [1.807, 2.05) is 19.6 Å². The highest BCUT2D eigenvalue weighted by atomic mass is 28.4. The average molecular weight is 356 g/mol. The smallest absolute Gasteiger partial charge is 0.293 e. The van der Waals surface area contributed by atoms with Gasteiger partial charge < -0.3 is 9.16 Å². The van der Waals surface area contributed by atoms with Gasteiger partial charge in [-0.2, -0.15) is 0 Å². The molecule has 0 amide bonds. The molecule has 132 valence electrons. The van der Waals surface area contributed by atoms with Gasteiger partial charge in [0.15, 0.2) is 14.5 Å². The molecule has 2 rings (SSSR count). The van der Waals surface area contributed by atoms with Gasteiger partial charge in [-0.15, -0.1) is 0 Å². The van der Waals surface area contributed by atoms with Gasteiger partial charge in [0.25, 0.3) is 5.69 Å². The van der Waals surface area contributed by atoms with Gasteiger partial charge in [-0.05, 0) is 39.6 Å². The van der Waals surface area contributed by atoms with Crippen molar-refractivity contribution in [3.05, 3.63) is 34.1 Å². The standard InChI is InChI=1S/C15H21FN2O5Si/c1-9-15(2,23-24(3,4)5)14(19)12(16)13(22-9)10-6-7-17-8-11(10)18(20)21/h6-9,12-13H,1-5H3/t9-,12+,13+,15-/m1/s1. The summed E-state index contributed by atoms with van der Waals surface area (Å²) in [6.07, 6.45) is -1.83. The molecule has 9 heteroatoms. The molecular weight excluding hydrogens is 335 g/mol. The molecule has 4 atom stereocenters. The SMILES string of the molecule is C[C@H]1O[C@@H](c2ccncc2[N+](=O)[O-])[C@H](F)C(=O)[C@]1(C)O[Si](C)(C)C. The third-order valence-corrected chi connectivity index (χ3v) is 5.02. The number of aromatic nitrogens is 1. The zero-order valence-electron chi connectivity index (χ0n) is 14.3. The third kappa shape index (κ3) is 3.37. The number of nitrogens with zero attached hydrogens (tertiary/aromatic N) is 2. The number of pyridine rings is 1. The quantitative estimate of drug-likeness (QED) is 0.468. The number of alkyl halides is 1. The summed E-state index contributed by atoms with van der Waals surface area (Å²) in [6, 6.07) is 1.30. The second-order valence-electron chi connectivity index (χ2n) is 6.98. The summed E-state index contributed by atoms with van der Waals surface area (Å²) in [4.78, 5) is 26.8. The van der Waals surface area contributed by atoms with E-state index in [1.54, 1.807) is 6.92 Å². The second-order valence-corrected chi connectivity index (χ2v) is 11.4. The van der Waals surface area contributed by atoms with Gasteiger partial charge in [-0.3, -0.25) is 19.9 Å². The summed E-state index contributed by atoms with van der Waals surface area (Å²) < 4.78 is 26.4. The van der Waals surface area contributed by atoms with E-state index in [0.717, 1.165) is 6.20 Å². The van der Waals surface area contributed by atoms with Crippen LogP contribution in [0.15, 0.2) is 18.5 Å². The molecule has 1 aromatic heterocycles. The molecule has 0 N–H and O–H groups in total. The Morgan fingerprint density at radius 2 is 2.08 bits per heavy atom. The van der Waals surface area contributed by atoms with E-state index >= 15 is 0 Å². The number of ether oxygens (including phenoxy) is 1. The molecule has 1 fully saturated rings. The normalized spacial score (nSPS) is 31.1. The monoisotopic (exact) mass is 356 g/mol. The van der Waals surface area contributed by atoms with Crippen molar-refractivity contribution in [1.82, 2.24) is 4.98 Å². The minimum atomic E-state index is -2.15. The van der Waals surface area contributed by atoms with E-state index in [1.165, 1.54) is 19.2 Å². The maximum atomic E-state index is 14.8. The minimum Gasteiger partial charge on any atom is -0.403 e. The minimum absolute atomic E-state index is 0.00208. The number of carbonyl (C=O) groups is 1. The molecule has 0 aromatic carbocycles. The van der Waals surface area contributed by atoms with Gasteiger partial charge in [0, 0.05) is 6.20 Å². The molecule has 0 bridgehead atoms. The largest absolute Gasteiger partial charge is 0.403 e. The molecule has 0 spiro atoms. The van der Waals surface area contributed by atoms with Gasteiger partial charge in [-0.25, -0.2) is 4.39 Å². The molecular formula is C15H21FN2O5Si. The Bertz CT molecular complexity index is 666. The van der Waals surface area contributed by atoms with Crippen molar-refractivity contribution in [2.24, 2.45) is 0 Å². The summed E-state index contributed by atoms with van der Waals surface area (Å²) in [7, 11) is -2.15. The number of ketones is 1. The van der Waals surface area contributed by atoms with Crippen LogP contribution in [-0.2, 0) is 14.0 Å². The summed E-state index contributed by atoms with van der Waals surface area (Å²) in [5.41, 5.74) is -1.79. The lowest BCUT2D eigenvalue weighted by Gasteiger charge is -2.45. The van der Waals surface area contributed by atoms with E-state index < -0.39 is 43.0 Å². The van der Waals surface area contributed by atoms with Crippen molar-refractivity contribution < 1.29 is 23.3 Å². The van der Waals surface area contributed by atoms with Crippen LogP contribution in [0.3, 0.4) is 0 Å². The van der Waals surface area contributed by atoms with Crippen LogP contribution in [0.2, 0.25) is 19.6 Å². The fourth-order valence-electron chi connectivity index (χ4n) is 2.82. The van der Waals surface area contributed by atoms with E-state index in [0.29, 0.717) is 0 Å². The van der Waals surface area contributed by atoms with Crippen LogP contribution in [-0.4, -0.2) is 41.9 Å². The van der Waals surface area contributed by atoms with E-state index in [-0.39, 0.29) is 11.3 Å². The number of carbonyl (C=O) groups excluding carboxylic acids is 1. The topological polar surface area (TPSA) is 91.6 Å². The Hall–Kier alpha value is -1.71. The molecule has 0 radical (unpaired) electrons. The Labute approximate surface area is 140 Å². The molecule has 0 aliphatic carbocycles. The zero-order valence-corrected chi connectivity index (χ0v) is 15.3. The summed E-state index contributed by atoms with van der Waals surface area (Å²) in [5.74, 6) is -0.750. The van der Waals surface area contributed by atoms with Crippen LogP contribution in [0.5, 0.6) is 0 Å². The molecule has 0 unspecified atom stereocenters. The highest BCUT2D eigenvalue weighted by molar-refractivity contribution is 6.70. The maximum absolute atomic E-state index is 14.8. The second kappa shape index (κ2) is 6.30. The molecule has 1 aliphatic rings. The number of rotatable bonds is 4. The lowest BCUT2D eigenvalue weighted by atomic mass is 9.85. The van der Waals surface area contributed by atoms with Crippen LogP contribution < -0.4 is 0 Å². The number of Topliss-reactive ketones (excluding diaryl/α,β-unsaturated/α-hetero) is 1. The Balaban J connectivity index is 2.40. The van der Waals surface area contributed by atoms with Crippen molar-refractivity contribution in [3.8, 4) is 0 Å². The third-order valence-electron chi connectivity index (χ3n) is 3.99. The first-order chi connectivity index (χ1) is 11.0. The number of hydrogen-bond donors (Lipinski definition) is 0. The van der Waals surface area contributed by atoms with E-state index in [2.05, 4.69) is 4.98 Å². The Kier molecular flexibility index (Phi) is 4.89. The average Bonchev–Trinajstić information content (AvgIpc) is 2.47. The predicted octanol–water partition coefficient (Wildman–Crippen LogP) is 2.97. The van der Waals surface area contributed by atoms with Crippen molar-refractivity contribution in [2.75, 3.05) is 0 Å². The molecule has 0 saturated carbocycles. The lowest BCUT2D eigenvalue weighted by Crippen LogP contribution is -2.61. The van der Waals surface area contributed by atoms with Crippen LogP contribution in [0.1, 0.15) is 25.5 Å². The molecule has 1 saturated heterocycles. The first-order valence-corrected chi connectivity index (χ1v) is 11.0. The first-order valence-electron chi connectivity index (χ1n) is 7.59. The molecule has 1 aromatic rings. The molecule has 7 nitrogen and oxygen atoms in total. The molecule has 2 heterocycles. The summed E-state index contributed by atoms with van der Waals surface area (Å²) in [6.45, 7) is 8.81. The fourth-order valence-corrected chi connectivity index (χ4v) is 4.36. The maximum Gasteiger partial charge on any atom is 0.293 e.